The quantitative estimate of drug-likeness (QED) is 0.467. The van der Waals surface area contributed by atoms with Crippen molar-refractivity contribution in [2.75, 3.05) is 12.4 Å². The highest BCUT2D eigenvalue weighted by molar-refractivity contribution is 8.01. The topological polar surface area (TPSA) is 97.2 Å². The van der Waals surface area contributed by atoms with Crippen LogP contribution in [0.3, 0.4) is 0 Å². The summed E-state index contributed by atoms with van der Waals surface area (Å²) in [5, 5.41) is 21.1. The number of rotatable bonds is 6. The molecule has 0 aliphatic heterocycles. The van der Waals surface area contributed by atoms with Crippen molar-refractivity contribution in [1.82, 2.24) is 15.2 Å². The predicted molar refractivity (Wildman–Crippen MR) is 123 cm³/mol. The number of aliphatic hydroxyl groups excluding tert-OH is 1. The van der Waals surface area contributed by atoms with E-state index in [2.05, 4.69) is 20.5 Å². The van der Waals surface area contributed by atoms with Gasteiger partial charge in [0, 0.05) is 22.7 Å². The number of carbonyl (C=O) groups is 1. The molecule has 7 nitrogen and oxygen atoms in total. The molecule has 0 saturated heterocycles. The van der Waals surface area contributed by atoms with Crippen molar-refractivity contribution in [3.8, 4) is 16.9 Å². The van der Waals surface area contributed by atoms with E-state index in [0.717, 1.165) is 19.3 Å². The summed E-state index contributed by atoms with van der Waals surface area (Å²) in [6.45, 7) is 1.74. The van der Waals surface area contributed by atoms with Crippen LogP contribution in [0.5, 0.6) is 5.75 Å². The number of aliphatic hydroxyl groups is 1. The van der Waals surface area contributed by atoms with Crippen LogP contribution in [0, 0.1) is 12.7 Å². The van der Waals surface area contributed by atoms with Gasteiger partial charge in [0.15, 0.2) is 10.2 Å². The van der Waals surface area contributed by atoms with Crippen molar-refractivity contribution in [2.24, 2.45) is 0 Å². The molecule has 4 rings (SSSR count). The fourth-order valence-corrected chi connectivity index (χ4v) is 5.90. The van der Waals surface area contributed by atoms with E-state index in [-0.39, 0.29) is 33.3 Å². The Labute approximate surface area is 197 Å². The smallest absolute Gasteiger partial charge is 0.259 e. The molecule has 11 heteroatoms. The van der Waals surface area contributed by atoms with Gasteiger partial charge in [-0.25, -0.2) is 4.39 Å². The summed E-state index contributed by atoms with van der Waals surface area (Å²) in [4.78, 5) is 17.3. The summed E-state index contributed by atoms with van der Waals surface area (Å²) in [5.41, 5.74) is 1.13. The van der Waals surface area contributed by atoms with Crippen molar-refractivity contribution < 1.29 is 19.0 Å². The van der Waals surface area contributed by atoms with E-state index in [0.29, 0.717) is 20.7 Å². The van der Waals surface area contributed by atoms with E-state index in [9.17, 15) is 14.3 Å². The zero-order valence-electron chi connectivity index (χ0n) is 17.3. The second-order valence-electron chi connectivity index (χ2n) is 7.29. The molecule has 0 unspecified atom stereocenters. The minimum absolute atomic E-state index is 0.0812. The third-order valence-electron chi connectivity index (χ3n) is 5.13. The van der Waals surface area contributed by atoms with Gasteiger partial charge in [0.05, 0.1) is 29.4 Å². The Morgan fingerprint density at radius 3 is 2.91 bits per heavy atom. The zero-order chi connectivity index (χ0) is 22.8. The van der Waals surface area contributed by atoms with Crippen molar-refractivity contribution in [3.05, 3.63) is 46.5 Å². The monoisotopic (exact) mass is 494 g/mol. The van der Waals surface area contributed by atoms with Crippen LogP contribution in [0.2, 0.25) is 5.02 Å². The number of aromatic nitrogens is 3. The van der Waals surface area contributed by atoms with E-state index < -0.39 is 11.7 Å². The maximum atomic E-state index is 15.0. The molecule has 1 aliphatic carbocycles. The Hall–Kier alpha value is -2.27. The molecular weight excluding hydrogens is 475 g/mol. The first kappa shape index (κ1) is 22.9. The van der Waals surface area contributed by atoms with Gasteiger partial charge < -0.3 is 9.84 Å². The van der Waals surface area contributed by atoms with Gasteiger partial charge in [-0.3, -0.25) is 15.1 Å². The lowest BCUT2D eigenvalue weighted by molar-refractivity contribution is 0.102. The number of carbonyl (C=O) groups excluding carboxylic acids is 1. The van der Waals surface area contributed by atoms with Gasteiger partial charge in [0.1, 0.15) is 5.75 Å². The molecule has 0 spiro atoms. The molecule has 1 aliphatic rings. The van der Waals surface area contributed by atoms with Crippen LogP contribution < -0.4 is 10.1 Å². The predicted octanol–water partition coefficient (Wildman–Crippen LogP) is 4.97. The van der Waals surface area contributed by atoms with Gasteiger partial charge in [-0.2, -0.15) is 0 Å². The molecule has 2 N–H and O–H groups in total. The first-order chi connectivity index (χ1) is 15.4. The van der Waals surface area contributed by atoms with Crippen LogP contribution in [0.1, 0.15) is 35.3 Å². The second-order valence-corrected chi connectivity index (χ2v) is 10.2. The lowest BCUT2D eigenvalue weighted by Crippen LogP contribution is -2.14. The standard InChI is InChI=1S/C21H20ClFN4O3S2/c1-10-8-11(17-15(30-2)7-6-13(22)18(17)23)12(9-24-10)19(29)25-20-26-27-21(32-20)31-16-5-3-4-14(16)28/h6-9,14,16,28H,3-5H2,1-2H3,(H,25,26,29)/t14-,16-/m1/s1. The van der Waals surface area contributed by atoms with Gasteiger partial charge in [-0.15, -0.1) is 10.2 Å². The average Bonchev–Trinajstić information content (AvgIpc) is 3.38. The number of anilines is 1. The molecule has 3 aromatic rings. The van der Waals surface area contributed by atoms with E-state index in [1.165, 1.54) is 42.5 Å². The van der Waals surface area contributed by atoms with Gasteiger partial charge in [0.25, 0.3) is 5.91 Å². The van der Waals surface area contributed by atoms with Crippen LogP contribution in [0.25, 0.3) is 11.1 Å². The average molecular weight is 495 g/mol. The number of benzene rings is 1. The number of hydrogen-bond donors (Lipinski definition) is 2. The van der Waals surface area contributed by atoms with Gasteiger partial charge in [0.2, 0.25) is 5.13 Å². The van der Waals surface area contributed by atoms with Crippen LogP contribution in [-0.2, 0) is 0 Å². The number of pyridine rings is 1. The first-order valence-corrected chi connectivity index (χ1v) is 11.9. The third-order valence-corrected chi connectivity index (χ3v) is 7.73. The van der Waals surface area contributed by atoms with E-state index in [1.54, 1.807) is 19.1 Å². The largest absolute Gasteiger partial charge is 0.496 e. The summed E-state index contributed by atoms with van der Waals surface area (Å²) in [7, 11) is 1.42. The number of ether oxygens (including phenoxy) is 1. The Morgan fingerprint density at radius 2 is 2.19 bits per heavy atom. The summed E-state index contributed by atoms with van der Waals surface area (Å²) in [5.74, 6) is -0.950. The number of amides is 1. The Kier molecular flexibility index (Phi) is 6.94. The van der Waals surface area contributed by atoms with E-state index in [4.69, 9.17) is 16.3 Å². The SMILES string of the molecule is COc1ccc(Cl)c(F)c1-c1cc(C)ncc1C(=O)Nc1nnc(S[C@@H]2CCC[C@H]2O)s1. The number of aryl methyl sites for hydroxylation is 1. The lowest BCUT2D eigenvalue weighted by Gasteiger charge is -2.14. The molecule has 1 amide bonds. The van der Waals surface area contributed by atoms with Crippen LogP contribution in [0.4, 0.5) is 9.52 Å². The minimum Gasteiger partial charge on any atom is -0.496 e. The summed E-state index contributed by atoms with van der Waals surface area (Å²) < 4.78 is 20.9. The maximum absolute atomic E-state index is 15.0. The summed E-state index contributed by atoms with van der Waals surface area (Å²) in [6.07, 6.45) is 3.70. The van der Waals surface area contributed by atoms with Crippen LogP contribution in [0.15, 0.2) is 28.7 Å². The Bertz CT molecular complexity index is 1160. The van der Waals surface area contributed by atoms with Crippen LogP contribution in [-0.4, -0.2) is 44.7 Å². The molecule has 2 heterocycles. The Balaban J connectivity index is 1.62. The third kappa shape index (κ3) is 4.73. The van der Waals surface area contributed by atoms with Crippen molar-refractivity contribution >= 4 is 45.7 Å². The number of nitrogens with one attached hydrogen (secondary N) is 1. The molecule has 2 aromatic heterocycles. The molecule has 1 fully saturated rings. The number of thioether (sulfide) groups is 1. The molecule has 32 heavy (non-hydrogen) atoms. The molecule has 0 bridgehead atoms. The normalized spacial score (nSPS) is 18.0. The van der Waals surface area contributed by atoms with Crippen LogP contribution >= 0.6 is 34.7 Å². The van der Waals surface area contributed by atoms with Crippen molar-refractivity contribution in [1.29, 1.82) is 0 Å². The zero-order valence-corrected chi connectivity index (χ0v) is 19.7. The number of hydrogen-bond acceptors (Lipinski definition) is 8. The van der Waals surface area contributed by atoms with E-state index >= 15 is 0 Å². The maximum Gasteiger partial charge on any atom is 0.259 e. The van der Waals surface area contributed by atoms with Gasteiger partial charge in [-0.1, -0.05) is 34.7 Å². The molecule has 1 saturated carbocycles. The fraction of sp³-hybridized carbons (Fsp3) is 0.333. The highest BCUT2D eigenvalue weighted by Crippen LogP contribution is 2.39. The lowest BCUT2D eigenvalue weighted by atomic mass is 9.98. The minimum atomic E-state index is -0.685. The highest BCUT2D eigenvalue weighted by Gasteiger charge is 2.28. The molecule has 168 valence electrons. The fourth-order valence-electron chi connectivity index (χ4n) is 3.55. The van der Waals surface area contributed by atoms with E-state index in [1.807, 2.05) is 0 Å². The number of nitrogens with zero attached hydrogens (tertiary/aromatic N) is 3. The molecule has 0 radical (unpaired) electrons. The highest BCUT2D eigenvalue weighted by atomic mass is 35.5. The van der Waals surface area contributed by atoms with Crippen molar-refractivity contribution in [2.45, 2.75) is 41.9 Å². The first-order valence-electron chi connectivity index (χ1n) is 9.86. The Morgan fingerprint density at radius 1 is 1.38 bits per heavy atom. The summed E-state index contributed by atoms with van der Waals surface area (Å²) in [6, 6.07) is 4.55. The number of methoxy groups -OCH3 is 1. The van der Waals surface area contributed by atoms with Gasteiger partial charge >= 0.3 is 0 Å². The second kappa shape index (κ2) is 9.70. The number of halogens is 2. The molecule has 1 aromatic carbocycles. The molecule has 2 atom stereocenters. The molecular formula is C21H20ClFN4O3S2. The van der Waals surface area contributed by atoms with Gasteiger partial charge in [-0.05, 0) is 44.4 Å². The summed E-state index contributed by atoms with van der Waals surface area (Å²) >= 11 is 8.68. The van der Waals surface area contributed by atoms with Crippen molar-refractivity contribution in [3.63, 3.8) is 0 Å².